The summed E-state index contributed by atoms with van der Waals surface area (Å²) < 4.78 is 33.8. The van der Waals surface area contributed by atoms with Gasteiger partial charge >= 0.3 is 0 Å². The van der Waals surface area contributed by atoms with E-state index in [-0.39, 0.29) is 23.2 Å². The van der Waals surface area contributed by atoms with Crippen molar-refractivity contribution in [3.63, 3.8) is 0 Å². The lowest BCUT2D eigenvalue weighted by Gasteiger charge is -2.17. The molecule has 1 atom stereocenters. The first-order valence-electron chi connectivity index (χ1n) is 8.78. The van der Waals surface area contributed by atoms with E-state index in [1.807, 2.05) is 30.3 Å². The highest BCUT2D eigenvalue weighted by Crippen LogP contribution is 2.29. The van der Waals surface area contributed by atoms with Crippen molar-refractivity contribution in [3.8, 4) is 11.5 Å². The molecule has 140 valence electrons. The van der Waals surface area contributed by atoms with Crippen molar-refractivity contribution in [1.82, 2.24) is 10.2 Å². The van der Waals surface area contributed by atoms with Crippen molar-refractivity contribution in [3.05, 3.63) is 101 Å². The molecule has 1 aromatic heterocycles. The van der Waals surface area contributed by atoms with E-state index in [1.54, 1.807) is 37.3 Å². The molecule has 1 heterocycles. The van der Waals surface area contributed by atoms with Crippen LogP contribution in [0.2, 0.25) is 0 Å². The summed E-state index contributed by atoms with van der Waals surface area (Å²) in [5.41, 5.74) is 2.21. The smallest absolute Gasteiger partial charge is 0.250 e. The van der Waals surface area contributed by atoms with Crippen LogP contribution < -0.4 is 5.32 Å². The first-order chi connectivity index (χ1) is 13.6. The van der Waals surface area contributed by atoms with Crippen LogP contribution in [0.25, 0.3) is 11.5 Å². The number of rotatable bonds is 5. The number of hydrogen-bond acceptors (Lipinski definition) is 4. The summed E-state index contributed by atoms with van der Waals surface area (Å²) in [7, 11) is 0. The number of aryl methyl sites for hydroxylation is 1. The van der Waals surface area contributed by atoms with E-state index in [0.29, 0.717) is 11.3 Å². The van der Waals surface area contributed by atoms with Gasteiger partial charge in [-0.3, -0.25) is 0 Å². The van der Waals surface area contributed by atoms with E-state index < -0.39 is 11.9 Å². The van der Waals surface area contributed by atoms with Crippen molar-refractivity contribution in [2.24, 2.45) is 0 Å². The molecule has 0 aliphatic carbocycles. The van der Waals surface area contributed by atoms with Gasteiger partial charge < -0.3 is 9.73 Å². The van der Waals surface area contributed by atoms with Crippen molar-refractivity contribution < 1.29 is 13.2 Å². The van der Waals surface area contributed by atoms with Gasteiger partial charge in [0.15, 0.2) is 0 Å². The molecule has 4 nitrogen and oxygen atoms in total. The molecule has 4 aromatic rings. The van der Waals surface area contributed by atoms with Gasteiger partial charge in [-0.1, -0.05) is 48.5 Å². The minimum absolute atomic E-state index is 0.0888. The average molecular weight is 377 g/mol. The van der Waals surface area contributed by atoms with Crippen molar-refractivity contribution in [1.29, 1.82) is 0 Å². The van der Waals surface area contributed by atoms with Crippen molar-refractivity contribution >= 4 is 5.69 Å². The maximum Gasteiger partial charge on any atom is 0.250 e. The van der Waals surface area contributed by atoms with Crippen LogP contribution in [0.4, 0.5) is 14.5 Å². The highest BCUT2D eigenvalue weighted by atomic mass is 19.1. The lowest BCUT2D eigenvalue weighted by Crippen LogP contribution is -2.13. The molecule has 0 amide bonds. The third-order valence-corrected chi connectivity index (χ3v) is 4.41. The molecule has 6 heteroatoms. The SMILES string of the molecule is Cc1ccc(N[C@@H](c2ccccc2)c2nnc(-c3ccccc3F)o2)cc1F. The van der Waals surface area contributed by atoms with E-state index in [4.69, 9.17) is 4.42 Å². The quantitative estimate of drug-likeness (QED) is 0.497. The predicted octanol–water partition coefficient (Wildman–Crippen LogP) is 5.52. The summed E-state index contributed by atoms with van der Waals surface area (Å²) in [6.07, 6.45) is 0. The van der Waals surface area contributed by atoms with Gasteiger partial charge in [0.2, 0.25) is 5.89 Å². The van der Waals surface area contributed by atoms with Crippen LogP contribution in [0.5, 0.6) is 0 Å². The Labute approximate surface area is 160 Å². The summed E-state index contributed by atoms with van der Waals surface area (Å²) in [5, 5.41) is 11.3. The molecule has 0 aliphatic rings. The van der Waals surface area contributed by atoms with Crippen LogP contribution in [-0.4, -0.2) is 10.2 Å². The third kappa shape index (κ3) is 3.62. The number of anilines is 1. The van der Waals surface area contributed by atoms with Gasteiger partial charge in [-0.15, -0.1) is 10.2 Å². The van der Waals surface area contributed by atoms with Crippen LogP contribution >= 0.6 is 0 Å². The molecule has 28 heavy (non-hydrogen) atoms. The first kappa shape index (κ1) is 17.9. The fraction of sp³-hybridized carbons (Fsp3) is 0.0909. The summed E-state index contributed by atoms with van der Waals surface area (Å²) in [6, 6.07) is 20.0. The van der Waals surface area contributed by atoms with Gasteiger partial charge in [-0.2, -0.15) is 0 Å². The van der Waals surface area contributed by atoms with E-state index in [0.717, 1.165) is 5.56 Å². The maximum atomic E-state index is 14.1. The first-order valence-corrected chi connectivity index (χ1v) is 8.78. The lowest BCUT2D eigenvalue weighted by atomic mass is 10.1. The average Bonchev–Trinajstić information content (AvgIpc) is 3.19. The molecule has 1 N–H and O–H groups in total. The molecule has 0 saturated carbocycles. The normalized spacial score (nSPS) is 12.0. The molecular weight excluding hydrogens is 360 g/mol. The Morgan fingerprint density at radius 1 is 0.857 bits per heavy atom. The zero-order valence-corrected chi connectivity index (χ0v) is 15.1. The fourth-order valence-electron chi connectivity index (χ4n) is 2.88. The molecule has 0 spiro atoms. The highest BCUT2D eigenvalue weighted by Gasteiger charge is 2.22. The molecule has 0 radical (unpaired) electrons. The number of nitrogens with one attached hydrogen (secondary N) is 1. The zero-order chi connectivity index (χ0) is 19.5. The minimum atomic E-state index is -0.517. The van der Waals surface area contributed by atoms with E-state index in [2.05, 4.69) is 15.5 Å². The number of halogens is 2. The topological polar surface area (TPSA) is 51.0 Å². The Morgan fingerprint density at radius 3 is 2.36 bits per heavy atom. The molecule has 0 saturated heterocycles. The molecule has 3 aromatic carbocycles. The fourth-order valence-corrected chi connectivity index (χ4v) is 2.88. The van der Waals surface area contributed by atoms with Gasteiger partial charge in [0.05, 0.1) is 5.56 Å². The molecule has 4 rings (SSSR count). The zero-order valence-electron chi connectivity index (χ0n) is 15.1. The van der Waals surface area contributed by atoms with Crippen LogP contribution in [0.15, 0.2) is 77.2 Å². The molecule has 0 fully saturated rings. The van der Waals surface area contributed by atoms with Gasteiger partial charge in [-0.25, -0.2) is 8.78 Å². The molecule has 0 bridgehead atoms. The second-order valence-corrected chi connectivity index (χ2v) is 6.38. The number of benzene rings is 3. The van der Waals surface area contributed by atoms with Crippen molar-refractivity contribution in [2.45, 2.75) is 13.0 Å². The summed E-state index contributed by atoms with van der Waals surface area (Å²) in [6.45, 7) is 1.70. The maximum absolute atomic E-state index is 14.1. The second kappa shape index (κ2) is 7.60. The Kier molecular flexibility index (Phi) is 4.85. The highest BCUT2D eigenvalue weighted by molar-refractivity contribution is 5.54. The Balaban J connectivity index is 1.72. The van der Waals surface area contributed by atoms with Gasteiger partial charge in [0.1, 0.15) is 17.7 Å². The molecule has 0 aliphatic heterocycles. The third-order valence-electron chi connectivity index (χ3n) is 4.41. The largest absolute Gasteiger partial charge is 0.418 e. The molecular formula is C22H17F2N3O. The summed E-state index contributed by atoms with van der Waals surface area (Å²) >= 11 is 0. The van der Waals surface area contributed by atoms with Crippen LogP contribution in [0.1, 0.15) is 23.1 Å². The van der Waals surface area contributed by atoms with Gasteiger partial charge in [0.25, 0.3) is 5.89 Å². The second-order valence-electron chi connectivity index (χ2n) is 6.38. The predicted molar refractivity (Wildman–Crippen MR) is 103 cm³/mol. The van der Waals surface area contributed by atoms with Crippen molar-refractivity contribution in [2.75, 3.05) is 5.32 Å². The Bertz CT molecular complexity index is 1100. The van der Waals surface area contributed by atoms with Crippen LogP contribution in [0, 0.1) is 18.6 Å². The number of hydrogen-bond donors (Lipinski definition) is 1. The van der Waals surface area contributed by atoms with E-state index in [1.165, 1.54) is 12.1 Å². The monoisotopic (exact) mass is 377 g/mol. The van der Waals surface area contributed by atoms with Crippen LogP contribution in [0.3, 0.4) is 0 Å². The Hall–Kier alpha value is -3.54. The minimum Gasteiger partial charge on any atom is -0.418 e. The Morgan fingerprint density at radius 2 is 1.61 bits per heavy atom. The number of nitrogens with zero attached hydrogens (tertiary/aromatic N) is 2. The summed E-state index contributed by atoms with van der Waals surface area (Å²) in [4.78, 5) is 0. The summed E-state index contributed by atoms with van der Waals surface area (Å²) in [5.74, 6) is -0.409. The molecule has 0 unspecified atom stereocenters. The van der Waals surface area contributed by atoms with E-state index >= 15 is 0 Å². The number of aromatic nitrogens is 2. The van der Waals surface area contributed by atoms with Gasteiger partial charge in [0, 0.05) is 5.69 Å². The standard InChI is InChI=1S/C22H17F2N3O/c1-14-11-12-16(13-19(14)24)25-20(15-7-3-2-4-8-15)22-27-26-21(28-22)17-9-5-6-10-18(17)23/h2-13,20,25H,1H3/t20-/m0/s1. The van der Waals surface area contributed by atoms with E-state index in [9.17, 15) is 8.78 Å². The lowest BCUT2D eigenvalue weighted by molar-refractivity contribution is 0.490. The van der Waals surface area contributed by atoms with Crippen LogP contribution in [-0.2, 0) is 0 Å². The van der Waals surface area contributed by atoms with Gasteiger partial charge in [-0.05, 0) is 42.3 Å².